The summed E-state index contributed by atoms with van der Waals surface area (Å²) in [4.78, 5) is 24.3. The zero-order valence-corrected chi connectivity index (χ0v) is 14.3. The van der Waals surface area contributed by atoms with Crippen LogP contribution in [0.25, 0.3) is 0 Å². The van der Waals surface area contributed by atoms with Crippen molar-refractivity contribution < 1.29 is 19.1 Å². The first-order chi connectivity index (χ1) is 13.0. The Labute approximate surface area is 155 Å². The topological polar surface area (TPSA) is 78.4 Å². The molecule has 0 aromatic heterocycles. The van der Waals surface area contributed by atoms with Crippen molar-refractivity contribution in [2.24, 2.45) is 0 Å². The molecule has 0 saturated heterocycles. The first kappa shape index (κ1) is 18.1. The number of benzene rings is 3. The number of phenols is 1. The van der Waals surface area contributed by atoms with Crippen LogP contribution in [-0.4, -0.2) is 16.9 Å². The number of amides is 2. The van der Waals surface area contributed by atoms with Crippen LogP contribution >= 0.6 is 0 Å². The molecule has 0 radical (unpaired) electrons. The molecule has 0 fully saturated rings. The lowest BCUT2D eigenvalue weighted by atomic mass is 10.1. The van der Waals surface area contributed by atoms with E-state index in [2.05, 4.69) is 10.6 Å². The molecule has 0 unspecified atom stereocenters. The van der Waals surface area contributed by atoms with Crippen molar-refractivity contribution in [3.05, 3.63) is 95.3 Å². The number of nitrogens with one attached hydrogen (secondary N) is 2. The van der Waals surface area contributed by atoms with Gasteiger partial charge in [0.1, 0.15) is 11.6 Å². The van der Waals surface area contributed by atoms with E-state index < -0.39 is 11.7 Å². The van der Waals surface area contributed by atoms with Gasteiger partial charge in [-0.2, -0.15) is 0 Å². The maximum absolute atomic E-state index is 12.9. The summed E-state index contributed by atoms with van der Waals surface area (Å²) in [6.07, 6.45) is 0. The summed E-state index contributed by atoms with van der Waals surface area (Å²) >= 11 is 0. The number of aromatic hydroxyl groups is 1. The van der Waals surface area contributed by atoms with Crippen molar-refractivity contribution in [3.63, 3.8) is 0 Å². The van der Waals surface area contributed by atoms with Gasteiger partial charge in [-0.1, -0.05) is 24.3 Å². The number of carbonyl (C=O) groups is 2. The summed E-state index contributed by atoms with van der Waals surface area (Å²) in [6, 6.07) is 18.5. The fourth-order valence-corrected chi connectivity index (χ4v) is 2.51. The zero-order chi connectivity index (χ0) is 19.2. The van der Waals surface area contributed by atoms with Gasteiger partial charge in [0.2, 0.25) is 0 Å². The predicted octanol–water partition coefficient (Wildman–Crippen LogP) is 3.71. The zero-order valence-electron chi connectivity index (χ0n) is 14.3. The summed E-state index contributed by atoms with van der Waals surface area (Å²) in [5, 5.41) is 15.2. The van der Waals surface area contributed by atoms with Crippen LogP contribution in [0.3, 0.4) is 0 Å². The van der Waals surface area contributed by atoms with Gasteiger partial charge in [-0.05, 0) is 54.1 Å². The largest absolute Gasteiger partial charge is 0.507 e. The minimum absolute atomic E-state index is 0.0877. The molecule has 0 heterocycles. The number of hydrogen-bond acceptors (Lipinski definition) is 3. The van der Waals surface area contributed by atoms with Gasteiger partial charge >= 0.3 is 0 Å². The Morgan fingerprint density at radius 2 is 1.63 bits per heavy atom. The van der Waals surface area contributed by atoms with Crippen molar-refractivity contribution in [3.8, 4) is 5.75 Å². The van der Waals surface area contributed by atoms with Crippen LogP contribution in [0.15, 0.2) is 72.8 Å². The Kier molecular flexibility index (Phi) is 5.47. The number of rotatable bonds is 5. The maximum atomic E-state index is 12.9. The van der Waals surface area contributed by atoms with Gasteiger partial charge in [0.05, 0.1) is 5.56 Å². The number of carbonyl (C=O) groups excluding carboxylic acids is 2. The van der Waals surface area contributed by atoms with E-state index in [0.29, 0.717) is 11.3 Å². The van der Waals surface area contributed by atoms with Crippen molar-refractivity contribution in [1.82, 2.24) is 5.32 Å². The number of hydrogen-bond donors (Lipinski definition) is 3. The lowest BCUT2D eigenvalue weighted by molar-refractivity contribution is 0.0947. The van der Waals surface area contributed by atoms with Crippen LogP contribution in [0.2, 0.25) is 0 Å². The number of phenolic OH excluding ortho intramolecular Hbond substituents is 1. The molecule has 6 heteroatoms. The first-order valence-electron chi connectivity index (χ1n) is 8.25. The molecule has 136 valence electrons. The highest BCUT2D eigenvalue weighted by atomic mass is 19.1. The lowest BCUT2D eigenvalue weighted by Gasteiger charge is -2.09. The second kappa shape index (κ2) is 8.14. The maximum Gasteiger partial charge on any atom is 0.255 e. The Morgan fingerprint density at radius 1 is 0.889 bits per heavy atom. The molecule has 0 aliphatic rings. The average molecular weight is 364 g/mol. The highest BCUT2D eigenvalue weighted by Crippen LogP contribution is 2.16. The summed E-state index contributed by atoms with van der Waals surface area (Å²) in [6.45, 7) is 0.230. The standard InChI is InChI=1S/C21H17FN2O3/c22-16-10-8-15(9-11-16)20(26)24-17-5-3-4-14(12-17)13-23-21(27)18-6-1-2-7-19(18)25/h1-12,25H,13H2,(H,23,27)(H,24,26). The van der Waals surface area contributed by atoms with E-state index in [-0.39, 0.29) is 23.8 Å². The summed E-state index contributed by atoms with van der Waals surface area (Å²) in [7, 11) is 0. The molecule has 5 nitrogen and oxygen atoms in total. The average Bonchev–Trinajstić information content (AvgIpc) is 2.67. The molecule has 27 heavy (non-hydrogen) atoms. The summed E-state index contributed by atoms with van der Waals surface area (Å²) in [5.41, 5.74) is 1.86. The molecular weight excluding hydrogens is 347 g/mol. The lowest BCUT2D eigenvalue weighted by Crippen LogP contribution is -2.23. The fourth-order valence-electron chi connectivity index (χ4n) is 2.51. The van der Waals surface area contributed by atoms with Crippen LogP contribution < -0.4 is 10.6 Å². The van der Waals surface area contributed by atoms with Crippen molar-refractivity contribution >= 4 is 17.5 Å². The third kappa shape index (κ3) is 4.70. The Bertz CT molecular complexity index is 971. The minimum atomic E-state index is -0.409. The monoisotopic (exact) mass is 364 g/mol. The molecule has 0 aliphatic carbocycles. The quantitative estimate of drug-likeness (QED) is 0.646. The van der Waals surface area contributed by atoms with E-state index in [1.807, 2.05) is 0 Å². The second-order valence-corrected chi connectivity index (χ2v) is 5.86. The van der Waals surface area contributed by atoms with Gasteiger partial charge in [0.25, 0.3) is 11.8 Å². The molecule has 2 amide bonds. The first-order valence-corrected chi connectivity index (χ1v) is 8.25. The third-order valence-corrected chi connectivity index (χ3v) is 3.89. The SMILES string of the molecule is O=C(Nc1cccc(CNC(=O)c2ccccc2O)c1)c1ccc(F)cc1. The molecule has 0 atom stereocenters. The smallest absolute Gasteiger partial charge is 0.255 e. The summed E-state index contributed by atoms with van der Waals surface area (Å²) in [5.74, 6) is -1.25. The van der Waals surface area contributed by atoms with Crippen LogP contribution in [0.1, 0.15) is 26.3 Å². The predicted molar refractivity (Wildman–Crippen MR) is 100 cm³/mol. The second-order valence-electron chi connectivity index (χ2n) is 5.86. The molecule has 3 aromatic carbocycles. The summed E-state index contributed by atoms with van der Waals surface area (Å²) < 4.78 is 12.9. The van der Waals surface area contributed by atoms with Crippen molar-refractivity contribution in [1.29, 1.82) is 0 Å². The van der Waals surface area contributed by atoms with E-state index in [4.69, 9.17) is 0 Å². The molecule has 3 rings (SSSR count). The van der Waals surface area contributed by atoms with E-state index in [1.165, 1.54) is 36.4 Å². The van der Waals surface area contributed by atoms with E-state index in [9.17, 15) is 19.1 Å². The van der Waals surface area contributed by atoms with Crippen LogP contribution in [0, 0.1) is 5.82 Å². The number of para-hydroxylation sites is 1. The van der Waals surface area contributed by atoms with Gasteiger partial charge in [-0.3, -0.25) is 9.59 Å². The third-order valence-electron chi connectivity index (χ3n) is 3.89. The Balaban J connectivity index is 1.63. The number of anilines is 1. The molecule has 0 aliphatic heterocycles. The van der Waals surface area contributed by atoms with Gasteiger partial charge in [0.15, 0.2) is 0 Å². The van der Waals surface area contributed by atoms with E-state index >= 15 is 0 Å². The Hall–Kier alpha value is -3.67. The highest BCUT2D eigenvalue weighted by Gasteiger charge is 2.10. The van der Waals surface area contributed by atoms with Gasteiger partial charge in [-0.15, -0.1) is 0 Å². The normalized spacial score (nSPS) is 10.3. The van der Waals surface area contributed by atoms with Crippen LogP contribution in [0.4, 0.5) is 10.1 Å². The molecule has 3 aromatic rings. The molecule has 0 bridgehead atoms. The van der Waals surface area contributed by atoms with Gasteiger partial charge < -0.3 is 15.7 Å². The highest BCUT2D eigenvalue weighted by molar-refractivity contribution is 6.04. The van der Waals surface area contributed by atoms with E-state index in [1.54, 1.807) is 36.4 Å². The number of halogens is 1. The molecule has 3 N–H and O–H groups in total. The van der Waals surface area contributed by atoms with Crippen molar-refractivity contribution in [2.75, 3.05) is 5.32 Å². The van der Waals surface area contributed by atoms with Crippen LogP contribution in [-0.2, 0) is 6.54 Å². The minimum Gasteiger partial charge on any atom is -0.507 e. The van der Waals surface area contributed by atoms with Gasteiger partial charge in [0, 0.05) is 17.8 Å². The van der Waals surface area contributed by atoms with E-state index in [0.717, 1.165) is 5.56 Å². The molecule has 0 spiro atoms. The Morgan fingerprint density at radius 3 is 2.37 bits per heavy atom. The van der Waals surface area contributed by atoms with Crippen molar-refractivity contribution in [2.45, 2.75) is 6.54 Å². The van der Waals surface area contributed by atoms with Gasteiger partial charge in [-0.25, -0.2) is 4.39 Å². The molecular formula is C21H17FN2O3. The fraction of sp³-hybridized carbons (Fsp3) is 0.0476. The van der Waals surface area contributed by atoms with Crippen LogP contribution in [0.5, 0.6) is 5.75 Å². The molecule has 0 saturated carbocycles.